The Morgan fingerprint density at radius 1 is 1.33 bits per heavy atom. The summed E-state index contributed by atoms with van der Waals surface area (Å²) in [5, 5.41) is 11.6. The van der Waals surface area contributed by atoms with Crippen LogP contribution in [0.3, 0.4) is 0 Å². The average molecular weight is 366 g/mol. The summed E-state index contributed by atoms with van der Waals surface area (Å²) in [7, 11) is -2.70. The number of hydrogen-bond acceptors (Lipinski definition) is 7. The molecule has 1 aliphatic heterocycles. The standard InChI is InChI=1S/C14H14N4O4S2/c1-3-4-11-16-17-14(23-11)15-12(19)8-5-6-9-10(7-8)24(21,22)18(2)13(9)20/h5-7H,3-4H2,1-2H3,(H,15,17,19). The van der Waals surface area contributed by atoms with Crippen molar-refractivity contribution in [3.63, 3.8) is 0 Å². The van der Waals surface area contributed by atoms with Gasteiger partial charge in [0.15, 0.2) is 0 Å². The van der Waals surface area contributed by atoms with Crippen LogP contribution in [-0.4, -0.2) is 41.8 Å². The fourth-order valence-electron chi connectivity index (χ4n) is 2.27. The van der Waals surface area contributed by atoms with Gasteiger partial charge in [-0.3, -0.25) is 14.9 Å². The zero-order valence-electron chi connectivity index (χ0n) is 12.9. The van der Waals surface area contributed by atoms with Gasteiger partial charge >= 0.3 is 0 Å². The molecule has 0 saturated heterocycles. The molecular formula is C14H14N4O4S2. The van der Waals surface area contributed by atoms with E-state index in [9.17, 15) is 18.0 Å². The van der Waals surface area contributed by atoms with Gasteiger partial charge in [0.05, 0.1) is 5.56 Å². The predicted octanol–water partition coefficient (Wildman–Crippen LogP) is 1.52. The zero-order valence-corrected chi connectivity index (χ0v) is 14.6. The van der Waals surface area contributed by atoms with Crippen LogP contribution in [0, 0.1) is 0 Å². The molecule has 2 heterocycles. The van der Waals surface area contributed by atoms with E-state index >= 15 is 0 Å². The molecule has 10 heteroatoms. The molecule has 0 fully saturated rings. The molecule has 1 N–H and O–H groups in total. The van der Waals surface area contributed by atoms with Gasteiger partial charge < -0.3 is 0 Å². The lowest BCUT2D eigenvalue weighted by Gasteiger charge is -2.06. The molecule has 0 spiro atoms. The number of nitrogens with one attached hydrogen (secondary N) is 1. The second kappa shape index (κ2) is 5.95. The van der Waals surface area contributed by atoms with Crippen molar-refractivity contribution >= 4 is 38.3 Å². The summed E-state index contributed by atoms with van der Waals surface area (Å²) in [6.07, 6.45) is 1.70. The monoisotopic (exact) mass is 366 g/mol. The van der Waals surface area contributed by atoms with Gasteiger partial charge in [0.25, 0.3) is 21.8 Å². The third-order valence-corrected chi connectivity index (χ3v) is 6.23. The Labute approximate surface area is 142 Å². The predicted molar refractivity (Wildman–Crippen MR) is 87.6 cm³/mol. The third-order valence-electron chi connectivity index (χ3n) is 3.55. The first-order chi connectivity index (χ1) is 11.3. The minimum absolute atomic E-state index is 0.0650. The Morgan fingerprint density at radius 3 is 2.79 bits per heavy atom. The zero-order chi connectivity index (χ0) is 17.5. The average Bonchev–Trinajstić information content (AvgIpc) is 3.05. The van der Waals surface area contributed by atoms with Crippen molar-refractivity contribution in [2.24, 2.45) is 0 Å². The quantitative estimate of drug-likeness (QED) is 0.878. The Balaban J connectivity index is 1.87. The van der Waals surface area contributed by atoms with Crippen molar-refractivity contribution in [2.45, 2.75) is 24.7 Å². The van der Waals surface area contributed by atoms with Crippen LogP contribution in [0.2, 0.25) is 0 Å². The smallest absolute Gasteiger partial charge is 0.268 e. The summed E-state index contributed by atoms with van der Waals surface area (Å²) in [6, 6.07) is 3.96. The van der Waals surface area contributed by atoms with E-state index in [1.165, 1.54) is 36.6 Å². The highest BCUT2D eigenvalue weighted by Crippen LogP contribution is 2.30. The fraction of sp³-hybridized carbons (Fsp3) is 0.286. The van der Waals surface area contributed by atoms with E-state index in [4.69, 9.17) is 0 Å². The van der Waals surface area contributed by atoms with E-state index in [1.54, 1.807) is 0 Å². The Kier molecular flexibility index (Phi) is 4.10. The lowest BCUT2D eigenvalue weighted by atomic mass is 10.1. The van der Waals surface area contributed by atoms with Crippen molar-refractivity contribution in [3.8, 4) is 0 Å². The number of rotatable bonds is 4. The second-order valence-electron chi connectivity index (χ2n) is 5.19. The summed E-state index contributed by atoms with van der Waals surface area (Å²) in [5.74, 6) is -1.11. The molecule has 2 aromatic rings. The number of carbonyl (C=O) groups excluding carboxylic acids is 2. The van der Waals surface area contributed by atoms with Gasteiger partial charge in [-0.25, -0.2) is 12.7 Å². The third kappa shape index (κ3) is 2.67. The van der Waals surface area contributed by atoms with Gasteiger partial charge in [-0.05, 0) is 24.6 Å². The van der Waals surface area contributed by atoms with Gasteiger partial charge in [-0.2, -0.15) is 0 Å². The summed E-state index contributed by atoms with van der Waals surface area (Å²) in [6.45, 7) is 2.02. The summed E-state index contributed by atoms with van der Waals surface area (Å²) < 4.78 is 25.0. The highest BCUT2D eigenvalue weighted by molar-refractivity contribution is 7.90. The largest absolute Gasteiger partial charge is 0.296 e. The Bertz CT molecular complexity index is 936. The molecule has 0 bridgehead atoms. The molecule has 1 aromatic heterocycles. The van der Waals surface area contributed by atoms with Crippen LogP contribution in [0.1, 0.15) is 39.1 Å². The van der Waals surface area contributed by atoms with Crippen LogP contribution in [0.4, 0.5) is 5.13 Å². The molecule has 0 unspecified atom stereocenters. The lowest BCUT2D eigenvalue weighted by Crippen LogP contribution is -2.24. The SMILES string of the molecule is CCCc1nnc(NC(=O)c2ccc3c(c2)S(=O)(=O)N(C)C3=O)s1. The van der Waals surface area contributed by atoms with E-state index in [1.807, 2.05) is 6.92 Å². The first-order valence-corrected chi connectivity index (χ1v) is 9.41. The Hall–Kier alpha value is -2.33. The van der Waals surface area contributed by atoms with Crippen molar-refractivity contribution < 1.29 is 18.0 Å². The number of aromatic nitrogens is 2. The number of nitrogens with zero attached hydrogens (tertiary/aromatic N) is 3. The molecule has 8 nitrogen and oxygen atoms in total. The summed E-state index contributed by atoms with van der Waals surface area (Å²) >= 11 is 1.27. The van der Waals surface area contributed by atoms with Crippen molar-refractivity contribution in [2.75, 3.05) is 12.4 Å². The highest BCUT2D eigenvalue weighted by Gasteiger charge is 2.38. The first-order valence-electron chi connectivity index (χ1n) is 7.15. The van der Waals surface area contributed by atoms with E-state index in [-0.39, 0.29) is 16.0 Å². The molecule has 1 aliphatic rings. The van der Waals surface area contributed by atoms with Gasteiger partial charge in [-0.1, -0.05) is 18.3 Å². The maximum absolute atomic E-state index is 12.3. The second-order valence-corrected chi connectivity index (χ2v) is 8.19. The van der Waals surface area contributed by atoms with E-state index < -0.39 is 21.8 Å². The lowest BCUT2D eigenvalue weighted by molar-refractivity contribution is 0.0890. The van der Waals surface area contributed by atoms with Crippen molar-refractivity contribution in [1.82, 2.24) is 14.5 Å². The number of amides is 2. The molecule has 2 amide bonds. The van der Waals surface area contributed by atoms with Crippen LogP contribution < -0.4 is 5.32 Å². The van der Waals surface area contributed by atoms with Gasteiger partial charge in [0, 0.05) is 19.0 Å². The molecule has 0 aliphatic carbocycles. The maximum atomic E-state index is 12.3. The molecular weight excluding hydrogens is 352 g/mol. The number of hydrogen-bond donors (Lipinski definition) is 1. The number of sulfonamides is 1. The molecule has 24 heavy (non-hydrogen) atoms. The topological polar surface area (TPSA) is 109 Å². The molecule has 3 rings (SSSR count). The molecule has 0 atom stereocenters. The molecule has 0 radical (unpaired) electrons. The van der Waals surface area contributed by atoms with E-state index in [2.05, 4.69) is 15.5 Å². The van der Waals surface area contributed by atoms with Crippen LogP contribution in [0.5, 0.6) is 0 Å². The van der Waals surface area contributed by atoms with Gasteiger partial charge in [-0.15, -0.1) is 10.2 Å². The van der Waals surface area contributed by atoms with Crippen molar-refractivity contribution in [1.29, 1.82) is 0 Å². The number of aryl methyl sites for hydroxylation is 1. The fourth-order valence-corrected chi connectivity index (χ4v) is 4.43. The normalized spacial score (nSPS) is 15.4. The number of benzene rings is 1. The van der Waals surface area contributed by atoms with Crippen LogP contribution in [-0.2, 0) is 16.4 Å². The number of fused-ring (bicyclic) bond motifs is 1. The molecule has 126 valence electrons. The molecule has 1 aromatic carbocycles. The van der Waals surface area contributed by atoms with E-state index in [0.29, 0.717) is 9.44 Å². The molecule has 0 saturated carbocycles. The van der Waals surface area contributed by atoms with Crippen molar-refractivity contribution in [3.05, 3.63) is 34.3 Å². The van der Waals surface area contributed by atoms with Gasteiger partial charge in [0.2, 0.25) is 5.13 Å². The number of carbonyl (C=O) groups is 2. The summed E-state index contributed by atoms with van der Waals surface area (Å²) in [5.41, 5.74) is 0.197. The minimum Gasteiger partial charge on any atom is -0.296 e. The van der Waals surface area contributed by atoms with Gasteiger partial charge in [0.1, 0.15) is 9.90 Å². The maximum Gasteiger partial charge on any atom is 0.268 e. The minimum atomic E-state index is -3.89. The Morgan fingerprint density at radius 2 is 2.08 bits per heavy atom. The van der Waals surface area contributed by atoms with Crippen LogP contribution in [0.15, 0.2) is 23.1 Å². The first kappa shape index (κ1) is 16.5. The summed E-state index contributed by atoms with van der Waals surface area (Å²) in [4.78, 5) is 24.0. The number of anilines is 1. The van der Waals surface area contributed by atoms with E-state index in [0.717, 1.165) is 17.8 Å². The highest BCUT2D eigenvalue weighted by atomic mass is 32.2. The van der Waals surface area contributed by atoms with Crippen LogP contribution >= 0.6 is 11.3 Å². The van der Waals surface area contributed by atoms with Crippen LogP contribution in [0.25, 0.3) is 0 Å².